The molecule has 0 aromatic carbocycles. The van der Waals surface area contributed by atoms with Crippen molar-refractivity contribution in [2.75, 3.05) is 47.8 Å². The van der Waals surface area contributed by atoms with Crippen molar-refractivity contribution in [1.82, 2.24) is 29.6 Å². The molecule has 488 valence electrons. The van der Waals surface area contributed by atoms with Gasteiger partial charge in [0.25, 0.3) is 0 Å². The van der Waals surface area contributed by atoms with Gasteiger partial charge in [0, 0.05) is 79.6 Å². The van der Waals surface area contributed by atoms with Gasteiger partial charge in [-0.05, 0) is 95.8 Å². The molecule has 0 saturated carbocycles. The Morgan fingerprint density at radius 3 is 1.43 bits per heavy atom. The molecule has 2 aromatic heterocycles. The number of thiazole rings is 2. The summed E-state index contributed by atoms with van der Waals surface area (Å²) in [5.41, 5.74) is 0.104. The summed E-state index contributed by atoms with van der Waals surface area (Å²) in [5.74, 6) is -4.80. The number of hydrogen-bond acceptors (Lipinski definition) is 19. The maximum atomic E-state index is 14.5. The zero-order chi connectivity index (χ0) is 65.0. The number of aromatic carboxylic acids is 1. The van der Waals surface area contributed by atoms with Gasteiger partial charge in [0.15, 0.2) is 42.5 Å². The predicted octanol–water partition coefficient (Wildman–Crippen LogP) is 11.8. The Morgan fingerprint density at radius 1 is 0.640 bits per heavy atom. The molecule has 86 heavy (non-hydrogen) atoms. The molecular weight excluding hydrogens is 1140 g/mol. The number of rotatable bonds is 33. The molecule has 2 aliphatic rings. The minimum atomic E-state index is -1.20. The van der Waals surface area contributed by atoms with Gasteiger partial charge in [-0.1, -0.05) is 116 Å². The van der Waals surface area contributed by atoms with E-state index in [2.05, 4.69) is 19.8 Å². The Labute approximate surface area is 521 Å². The van der Waals surface area contributed by atoms with Crippen LogP contribution in [-0.4, -0.2) is 160 Å². The van der Waals surface area contributed by atoms with E-state index in [4.69, 9.17) is 18.9 Å². The number of Topliss-reactive ketones (excluding diaryl/α,β-unsaturated/α-hetero) is 2. The second-order valence-corrected chi connectivity index (χ2v) is 25.5. The molecule has 0 radical (unpaired) electrons. The van der Waals surface area contributed by atoms with Crippen LogP contribution < -0.4 is 0 Å². The van der Waals surface area contributed by atoms with Crippen LogP contribution in [0.2, 0.25) is 0 Å². The number of ketones is 2. The Hall–Kier alpha value is -5.19. The number of likely N-dealkylation sites (N-methyl/N-ethyl adjacent to an activating group) is 2. The number of piperidine rings is 2. The summed E-state index contributed by atoms with van der Waals surface area (Å²) in [6.45, 7) is 28.2. The fourth-order valence-corrected chi connectivity index (χ4v) is 12.8. The molecule has 2 fully saturated rings. The van der Waals surface area contributed by atoms with Crippen molar-refractivity contribution in [2.24, 2.45) is 35.5 Å². The first kappa shape index (κ1) is 76.9. The predicted molar refractivity (Wildman–Crippen MR) is 334 cm³/mol. The van der Waals surface area contributed by atoms with E-state index in [0.717, 1.165) is 74.4 Å². The molecule has 4 heterocycles. The number of aromatic nitrogens is 2. The third kappa shape index (κ3) is 24.1. The zero-order valence-corrected chi connectivity index (χ0v) is 56.6. The number of nitrogens with zero attached hydrogens (tertiary/aromatic N) is 6. The van der Waals surface area contributed by atoms with Crippen LogP contribution in [0.25, 0.3) is 0 Å². The van der Waals surface area contributed by atoms with Crippen molar-refractivity contribution < 1.29 is 67.2 Å². The first-order chi connectivity index (χ1) is 40.7. The number of carbonyl (C=O) groups is 9. The summed E-state index contributed by atoms with van der Waals surface area (Å²) in [4.78, 5) is 132. The van der Waals surface area contributed by atoms with Gasteiger partial charge in [0.2, 0.25) is 11.8 Å². The molecule has 1 N–H and O–H groups in total. The van der Waals surface area contributed by atoms with E-state index >= 15 is 0 Å². The lowest BCUT2D eigenvalue weighted by Gasteiger charge is -2.39. The van der Waals surface area contributed by atoms with Gasteiger partial charge in [0.1, 0.15) is 5.01 Å². The third-order valence-corrected chi connectivity index (χ3v) is 18.7. The molecule has 2 aromatic rings. The maximum absolute atomic E-state index is 14.5. The van der Waals surface area contributed by atoms with Crippen LogP contribution in [0.15, 0.2) is 10.8 Å². The number of likely N-dealkylation sites (tertiary alicyclic amines) is 2. The topological polar surface area (TPSA) is 250 Å². The van der Waals surface area contributed by atoms with Gasteiger partial charge in [0.05, 0.1) is 24.2 Å². The van der Waals surface area contributed by atoms with Gasteiger partial charge in [-0.3, -0.25) is 43.4 Å². The van der Waals surface area contributed by atoms with Crippen molar-refractivity contribution >= 4 is 75.9 Å². The van der Waals surface area contributed by atoms with Gasteiger partial charge in [-0.25, -0.2) is 19.6 Å². The van der Waals surface area contributed by atoms with Crippen LogP contribution in [0.3, 0.4) is 0 Å². The highest BCUT2D eigenvalue weighted by Crippen LogP contribution is 2.36. The van der Waals surface area contributed by atoms with Gasteiger partial charge in [-0.15, -0.1) is 22.7 Å². The highest BCUT2D eigenvalue weighted by atomic mass is 32.1. The molecule has 2 aliphatic heterocycles. The minimum Gasteiger partial charge on any atom is -0.476 e. The zero-order valence-electron chi connectivity index (χ0n) is 55.0. The highest BCUT2D eigenvalue weighted by Gasteiger charge is 2.41. The highest BCUT2D eigenvalue weighted by molar-refractivity contribution is 7.10. The maximum Gasteiger partial charge on any atom is 0.357 e. The lowest BCUT2D eigenvalue weighted by atomic mass is 9.82. The fourth-order valence-electron chi connectivity index (χ4n) is 11.1. The molecule has 2 amide bonds. The number of carboxylic acids is 1. The van der Waals surface area contributed by atoms with E-state index in [1.165, 1.54) is 35.7 Å². The molecule has 0 aliphatic carbocycles. The summed E-state index contributed by atoms with van der Waals surface area (Å²) >= 11 is 2.45. The van der Waals surface area contributed by atoms with Crippen molar-refractivity contribution in [3.05, 3.63) is 32.2 Å². The van der Waals surface area contributed by atoms with Gasteiger partial charge in [-0.2, -0.15) is 0 Å². The van der Waals surface area contributed by atoms with Crippen LogP contribution in [-0.2, 0) is 52.5 Å². The molecule has 2 unspecified atom stereocenters. The monoisotopic (exact) mass is 1250 g/mol. The molecule has 20 nitrogen and oxygen atoms in total. The average Bonchev–Trinajstić information content (AvgIpc) is 2.13. The van der Waals surface area contributed by atoms with Gasteiger partial charge >= 0.3 is 29.8 Å². The molecule has 0 spiro atoms. The van der Waals surface area contributed by atoms with Crippen molar-refractivity contribution in [3.63, 3.8) is 0 Å². The molecule has 0 bridgehead atoms. The lowest BCUT2D eigenvalue weighted by Crippen LogP contribution is -2.50. The lowest BCUT2D eigenvalue weighted by molar-refractivity contribution is -0.162. The second kappa shape index (κ2) is 39.7. The number of amides is 2. The Morgan fingerprint density at radius 2 is 1.06 bits per heavy atom. The van der Waals surface area contributed by atoms with Crippen LogP contribution in [0.4, 0.5) is 0 Å². The minimum absolute atomic E-state index is 0.0130. The van der Waals surface area contributed by atoms with Crippen LogP contribution >= 0.6 is 22.7 Å². The smallest absolute Gasteiger partial charge is 0.357 e. The van der Waals surface area contributed by atoms with E-state index in [-0.39, 0.29) is 134 Å². The first-order valence-corrected chi connectivity index (χ1v) is 33.3. The Bertz CT molecular complexity index is 2450. The van der Waals surface area contributed by atoms with E-state index in [1.807, 2.05) is 104 Å². The molecule has 22 heteroatoms. The third-order valence-electron chi connectivity index (χ3n) is 16.7. The van der Waals surface area contributed by atoms with Crippen molar-refractivity contribution in [3.8, 4) is 0 Å². The SMILES string of the molecule is CC.CCCC(=O)OCN(C(=O)[C@@H](CC(=O)C1CCCCN1C)[C@@H](C)CC)[C@H](C[C@@H](C)c1nc(C(=O)OC)cs1)C(C)C.CCCC(=O)OCN(C(=O)[C@@H](CC(=O)C1CCCCN1C)[C@@H](C)CC)[C@H](C[C@@H](OC(C)=O)c1nc(C(=O)O)cs1)C(C)C. The largest absolute Gasteiger partial charge is 0.476 e. The summed E-state index contributed by atoms with van der Waals surface area (Å²) in [5, 5.41) is 13.5. The van der Waals surface area contributed by atoms with Gasteiger partial charge < -0.3 is 33.9 Å². The quantitative estimate of drug-likeness (QED) is 0.0396. The summed E-state index contributed by atoms with van der Waals surface area (Å²) in [6, 6.07) is -1.24. The van der Waals surface area contributed by atoms with E-state index in [9.17, 15) is 48.3 Å². The standard InChI is InChI=1S/C31H49N3O8S.C31H51N3O6S.C2H6/c1-8-12-28(37)41-18-34(30(38)22(20(5)9-2)15-26(36)24-13-10-11-14-33(24)7)25(19(3)4)16-27(42-21(6)35)29-32-23(17-43-29)31(39)40;1-9-13-28(36)40-19-34(26(20(3)4)16-22(6)29-32-24(18-41-29)31(38)39-8)30(37)23(21(5)10-2)17-27(35)25-14-11-12-15-33(25)7;1-2/h17,19-20,22,24-25,27H,8-16,18H2,1-7H3,(H,39,40);18,20-23,25-26H,9-17,19H2,1-8H3;1-2H3/t20-,22-,24?,25+,27+;21-,22+,23-,25?,26+;/m00./s1. The number of hydrogen-bond donors (Lipinski definition) is 1. The number of carbonyl (C=O) groups excluding carboxylic acids is 8. The number of carboxylic acid groups (broad SMARTS) is 1. The van der Waals surface area contributed by atoms with Crippen molar-refractivity contribution in [1.29, 1.82) is 0 Å². The second-order valence-electron chi connectivity index (χ2n) is 23.7. The summed E-state index contributed by atoms with van der Waals surface area (Å²) < 4.78 is 21.6. The summed E-state index contributed by atoms with van der Waals surface area (Å²) in [6.07, 6.45) is 8.84. The normalized spacial score (nSPS) is 18.2. The van der Waals surface area contributed by atoms with E-state index in [1.54, 1.807) is 10.3 Å². The molecule has 2 saturated heterocycles. The first-order valence-electron chi connectivity index (χ1n) is 31.5. The molecule has 4 rings (SSSR count). The Balaban J connectivity index is 0.000000571. The van der Waals surface area contributed by atoms with E-state index in [0.29, 0.717) is 30.7 Å². The summed E-state index contributed by atoms with van der Waals surface area (Å²) in [7, 11) is 5.26. The molecular formula is C64H106N6O14S2. The van der Waals surface area contributed by atoms with Crippen molar-refractivity contribution in [2.45, 2.75) is 236 Å². The number of methoxy groups -OCH3 is 1. The molecule has 10 atom stereocenters. The van der Waals surface area contributed by atoms with Crippen LogP contribution in [0.1, 0.15) is 243 Å². The van der Waals surface area contributed by atoms with Crippen LogP contribution in [0, 0.1) is 35.5 Å². The van der Waals surface area contributed by atoms with E-state index < -0.39 is 47.9 Å². The number of ether oxygens (including phenoxy) is 4. The van der Waals surface area contributed by atoms with Crippen LogP contribution in [0.5, 0.6) is 0 Å². The fraction of sp³-hybridized carbons (Fsp3) is 0.766. The Kier molecular flexibility index (Phi) is 35.5. The average molecular weight is 1250 g/mol. The number of esters is 4.